The summed E-state index contributed by atoms with van der Waals surface area (Å²) in [6, 6.07) is 7.46. The van der Waals surface area contributed by atoms with Crippen LogP contribution in [0.5, 0.6) is 34.5 Å². The quantitative estimate of drug-likeness (QED) is 0.488. The molecule has 2 aromatic rings. The van der Waals surface area contributed by atoms with Crippen molar-refractivity contribution >= 4 is 12.4 Å². The number of rotatable bonds is 10. The number of hydrogen-bond acceptors (Lipinski definition) is 10. The molecule has 1 aliphatic heterocycles. The molecule has 2 aromatic carbocycles. The van der Waals surface area contributed by atoms with E-state index in [9.17, 15) is 0 Å². The van der Waals surface area contributed by atoms with Crippen LogP contribution in [0.2, 0.25) is 0 Å². The minimum absolute atomic E-state index is 0.556. The highest BCUT2D eigenvalue weighted by Crippen LogP contribution is 2.38. The first kappa shape index (κ1) is 24.8. The normalized spacial score (nSPS) is 13.9. The number of hydrogen-bond donors (Lipinski definition) is 0. The van der Waals surface area contributed by atoms with Crippen LogP contribution in [0.1, 0.15) is 11.1 Å². The fraction of sp³-hybridized carbons (Fsp3) is 0.417. The van der Waals surface area contributed by atoms with Crippen LogP contribution in [-0.4, -0.2) is 91.3 Å². The smallest absolute Gasteiger partial charge is 0.203 e. The number of piperazine rings is 1. The first-order chi connectivity index (χ1) is 16.6. The van der Waals surface area contributed by atoms with Crippen molar-refractivity contribution < 1.29 is 28.4 Å². The molecule has 0 radical (unpaired) electrons. The maximum absolute atomic E-state index is 5.41. The highest BCUT2D eigenvalue weighted by atomic mass is 16.5. The van der Waals surface area contributed by atoms with Crippen molar-refractivity contribution in [3.63, 3.8) is 0 Å². The number of methoxy groups -OCH3 is 6. The van der Waals surface area contributed by atoms with Crippen molar-refractivity contribution in [2.75, 3.05) is 68.8 Å². The van der Waals surface area contributed by atoms with Gasteiger partial charge in [0.25, 0.3) is 0 Å². The van der Waals surface area contributed by atoms with E-state index in [-0.39, 0.29) is 0 Å². The Bertz CT molecular complexity index is 887. The summed E-state index contributed by atoms with van der Waals surface area (Å²) in [4.78, 5) is 0. The lowest BCUT2D eigenvalue weighted by atomic mass is 10.2. The minimum atomic E-state index is 0.556. The molecule has 0 atom stereocenters. The van der Waals surface area contributed by atoms with Gasteiger partial charge in [-0.2, -0.15) is 10.2 Å². The molecular weight excluding hydrogens is 440 g/mol. The lowest BCUT2D eigenvalue weighted by molar-refractivity contribution is 0.141. The summed E-state index contributed by atoms with van der Waals surface area (Å²) in [6.07, 6.45) is 3.58. The SMILES string of the molecule is COc1cc(/C=N/N2CCN(/N=C/c3cc(OC)c(OC)c(OC)c3)CC2)cc(OC)c1OC. The average molecular weight is 473 g/mol. The molecule has 10 nitrogen and oxygen atoms in total. The molecule has 10 heteroatoms. The van der Waals surface area contributed by atoms with Gasteiger partial charge >= 0.3 is 0 Å². The summed E-state index contributed by atoms with van der Waals surface area (Å²) in [5.41, 5.74) is 1.72. The van der Waals surface area contributed by atoms with Gasteiger partial charge in [0, 0.05) is 11.1 Å². The topological polar surface area (TPSA) is 86.6 Å². The summed E-state index contributed by atoms with van der Waals surface area (Å²) < 4.78 is 32.4. The highest BCUT2D eigenvalue weighted by molar-refractivity contribution is 5.83. The molecule has 3 rings (SSSR count). The standard InChI is InChI=1S/C24H32N4O6/c1-29-19-11-17(12-20(30-2)23(19)33-5)15-25-27-7-9-28(10-8-27)26-16-18-13-21(31-3)24(34-6)22(14-18)32-4/h11-16H,7-10H2,1-6H3/b25-15+,26-16+. The first-order valence-electron chi connectivity index (χ1n) is 10.7. The fourth-order valence-corrected chi connectivity index (χ4v) is 3.56. The lowest BCUT2D eigenvalue weighted by Crippen LogP contribution is -2.41. The summed E-state index contributed by atoms with van der Waals surface area (Å²) in [5.74, 6) is 3.48. The molecule has 0 bridgehead atoms. The van der Waals surface area contributed by atoms with Crippen LogP contribution < -0.4 is 28.4 Å². The summed E-state index contributed by atoms with van der Waals surface area (Å²) >= 11 is 0. The van der Waals surface area contributed by atoms with Crippen molar-refractivity contribution in [2.24, 2.45) is 10.2 Å². The van der Waals surface area contributed by atoms with Gasteiger partial charge in [0.2, 0.25) is 11.5 Å². The number of benzene rings is 2. The van der Waals surface area contributed by atoms with Crippen LogP contribution >= 0.6 is 0 Å². The fourth-order valence-electron chi connectivity index (χ4n) is 3.56. The van der Waals surface area contributed by atoms with E-state index in [0.717, 1.165) is 37.3 Å². The Balaban J connectivity index is 1.62. The van der Waals surface area contributed by atoms with Crippen molar-refractivity contribution in [1.29, 1.82) is 0 Å². The monoisotopic (exact) mass is 472 g/mol. The molecule has 0 unspecified atom stereocenters. The predicted molar refractivity (Wildman–Crippen MR) is 131 cm³/mol. The Morgan fingerprint density at radius 2 is 0.824 bits per heavy atom. The molecule has 184 valence electrons. The zero-order valence-corrected chi connectivity index (χ0v) is 20.5. The minimum Gasteiger partial charge on any atom is -0.493 e. The first-order valence-corrected chi connectivity index (χ1v) is 10.7. The lowest BCUT2D eigenvalue weighted by Gasteiger charge is -2.31. The van der Waals surface area contributed by atoms with Gasteiger partial charge in [-0.1, -0.05) is 0 Å². The van der Waals surface area contributed by atoms with E-state index < -0.39 is 0 Å². The molecule has 1 heterocycles. The van der Waals surface area contributed by atoms with Crippen LogP contribution in [0.3, 0.4) is 0 Å². The summed E-state index contributed by atoms with van der Waals surface area (Å²) in [7, 11) is 9.54. The molecule has 0 aliphatic carbocycles. The molecule has 0 aromatic heterocycles. The molecule has 0 N–H and O–H groups in total. The average Bonchev–Trinajstić information content (AvgIpc) is 2.89. The third kappa shape index (κ3) is 5.75. The maximum atomic E-state index is 5.41. The van der Waals surface area contributed by atoms with Crippen molar-refractivity contribution in [3.05, 3.63) is 35.4 Å². The Morgan fingerprint density at radius 3 is 1.06 bits per heavy atom. The second kappa shape index (κ2) is 11.9. The van der Waals surface area contributed by atoms with E-state index in [0.29, 0.717) is 34.5 Å². The predicted octanol–water partition coefficient (Wildman–Crippen LogP) is 2.72. The summed E-state index contributed by atoms with van der Waals surface area (Å²) in [6.45, 7) is 2.97. The molecule has 1 fully saturated rings. The van der Waals surface area contributed by atoms with E-state index in [1.165, 1.54) is 0 Å². The van der Waals surface area contributed by atoms with E-state index in [1.54, 1.807) is 55.1 Å². The number of nitrogens with zero attached hydrogens (tertiary/aromatic N) is 4. The molecule has 1 saturated heterocycles. The Morgan fingerprint density at radius 1 is 0.529 bits per heavy atom. The molecule has 1 aliphatic rings. The maximum Gasteiger partial charge on any atom is 0.203 e. The van der Waals surface area contributed by atoms with E-state index in [1.807, 2.05) is 34.3 Å². The molecule has 34 heavy (non-hydrogen) atoms. The molecular formula is C24H32N4O6. The van der Waals surface area contributed by atoms with Crippen LogP contribution in [0.25, 0.3) is 0 Å². The van der Waals surface area contributed by atoms with Crippen LogP contribution in [0.15, 0.2) is 34.5 Å². The van der Waals surface area contributed by atoms with E-state index in [2.05, 4.69) is 10.2 Å². The summed E-state index contributed by atoms with van der Waals surface area (Å²) in [5, 5.41) is 13.2. The second-order valence-electron chi connectivity index (χ2n) is 7.31. The Labute approximate surface area is 200 Å². The van der Waals surface area contributed by atoms with Gasteiger partial charge in [-0.3, -0.25) is 10.0 Å². The molecule has 0 spiro atoms. The van der Waals surface area contributed by atoms with Crippen molar-refractivity contribution in [3.8, 4) is 34.5 Å². The molecule has 0 saturated carbocycles. The third-order valence-electron chi connectivity index (χ3n) is 5.35. The zero-order valence-electron chi connectivity index (χ0n) is 20.5. The van der Waals surface area contributed by atoms with Gasteiger partial charge in [0.15, 0.2) is 23.0 Å². The highest BCUT2D eigenvalue weighted by Gasteiger charge is 2.16. The van der Waals surface area contributed by atoms with Crippen LogP contribution in [-0.2, 0) is 0 Å². The van der Waals surface area contributed by atoms with Gasteiger partial charge in [-0.15, -0.1) is 0 Å². The van der Waals surface area contributed by atoms with Gasteiger partial charge in [0.05, 0.1) is 81.3 Å². The van der Waals surface area contributed by atoms with Crippen molar-refractivity contribution in [1.82, 2.24) is 10.0 Å². The van der Waals surface area contributed by atoms with Gasteiger partial charge in [-0.25, -0.2) is 0 Å². The number of ether oxygens (including phenoxy) is 6. The second-order valence-corrected chi connectivity index (χ2v) is 7.31. The van der Waals surface area contributed by atoms with Crippen LogP contribution in [0.4, 0.5) is 0 Å². The van der Waals surface area contributed by atoms with Crippen molar-refractivity contribution in [2.45, 2.75) is 0 Å². The largest absolute Gasteiger partial charge is 0.493 e. The zero-order chi connectivity index (χ0) is 24.5. The Kier molecular flexibility index (Phi) is 8.66. The Hall–Kier alpha value is -3.82. The molecule has 0 amide bonds. The van der Waals surface area contributed by atoms with Gasteiger partial charge in [0.1, 0.15) is 0 Å². The van der Waals surface area contributed by atoms with E-state index in [4.69, 9.17) is 28.4 Å². The van der Waals surface area contributed by atoms with Gasteiger partial charge < -0.3 is 28.4 Å². The van der Waals surface area contributed by atoms with Gasteiger partial charge in [-0.05, 0) is 24.3 Å². The van der Waals surface area contributed by atoms with Crippen LogP contribution in [0, 0.1) is 0 Å². The van der Waals surface area contributed by atoms with E-state index >= 15 is 0 Å². The third-order valence-corrected chi connectivity index (χ3v) is 5.35. The number of hydrazone groups is 2.